The highest BCUT2D eigenvalue weighted by atomic mass is 32.2. The summed E-state index contributed by atoms with van der Waals surface area (Å²) in [6, 6.07) is 6.44. The SMILES string of the molecule is C=S(=O)(CC1CC1)C(C)(C)C(=O)Nc1nnc(-c2ccc(O)cc2)[nH]1. The molecule has 25 heavy (non-hydrogen) atoms. The molecule has 2 aromatic rings. The number of benzene rings is 1. The van der Waals surface area contributed by atoms with Crippen molar-refractivity contribution in [1.29, 1.82) is 0 Å². The third kappa shape index (κ3) is 3.68. The van der Waals surface area contributed by atoms with Crippen molar-refractivity contribution >= 4 is 27.2 Å². The molecule has 3 rings (SSSR count). The fourth-order valence-corrected chi connectivity index (χ4v) is 4.27. The van der Waals surface area contributed by atoms with Gasteiger partial charge < -0.3 is 10.1 Å². The fourth-order valence-electron chi connectivity index (χ4n) is 2.37. The van der Waals surface area contributed by atoms with Gasteiger partial charge in [-0.05, 0) is 72.3 Å². The molecule has 7 nitrogen and oxygen atoms in total. The van der Waals surface area contributed by atoms with Crippen LogP contribution in [0.3, 0.4) is 0 Å². The molecule has 1 aliphatic carbocycles. The number of nitrogens with zero attached hydrogens (tertiary/aromatic N) is 2. The van der Waals surface area contributed by atoms with Crippen LogP contribution in [0.4, 0.5) is 5.95 Å². The molecule has 1 aliphatic rings. The summed E-state index contributed by atoms with van der Waals surface area (Å²) in [4.78, 5) is 15.5. The maximum Gasteiger partial charge on any atom is 0.244 e. The molecule has 1 heterocycles. The number of anilines is 1. The van der Waals surface area contributed by atoms with Crippen LogP contribution in [0.15, 0.2) is 24.3 Å². The molecule has 1 saturated carbocycles. The van der Waals surface area contributed by atoms with Crippen LogP contribution in [0, 0.1) is 5.92 Å². The van der Waals surface area contributed by atoms with Gasteiger partial charge in [-0.25, -0.2) is 0 Å². The number of aromatic hydroxyl groups is 1. The van der Waals surface area contributed by atoms with Gasteiger partial charge in [-0.2, -0.15) is 0 Å². The Morgan fingerprint density at radius 3 is 2.60 bits per heavy atom. The molecule has 1 atom stereocenters. The zero-order chi connectivity index (χ0) is 18.2. The Morgan fingerprint density at radius 2 is 2.00 bits per heavy atom. The molecule has 134 valence electrons. The topological polar surface area (TPSA) is 108 Å². The van der Waals surface area contributed by atoms with E-state index in [2.05, 4.69) is 26.4 Å². The van der Waals surface area contributed by atoms with Crippen LogP contribution in [-0.4, -0.2) is 46.8 Å². The van der Waals surface area contributed by atoms with E-state index in [1.807, 2.05) is 0 Å². The molecule has 0 aliphatic heterocycles. The molecular formula is C17H22N4O3S. The largest absolute Gasteiger partial charge is 0.508 e. The lowest BCUT2D eigenvalue weighted by Gasteiger charge is -2.27. The van der Waals surface area contributed by atoms with Gasteiger partial charge in [-0.15, -0.1) is 10.2 Å². The Morgan fingerprint density at radius 1 is 1.36 bits per heavy atom. The van der Waals surface area contributed by atoms with E-state index in [-0.39, 0.29) is 11.7 Å². The zero-order valence-electron chi connectivity index (χ0n) is 14.3. The van der Waals surface area contributed by atoms with Crippen molar-refractivity contribution < 1.29 is 14.1 Å². The molecule has 1 aromatic heterocycles. The number of H-pyrrole nitrogens is 1. The van der Waals surface area contributed by atoms with E-state index in [9.17, 15) is 14.1 Å². The van der Waals surface area contributed by atoms with Gasteiger partial charge in [-0.3, -0.25) is 14.3 Å². The van der Waals surface area contributed by atoms with Gasteiger partial charge in [0, 0.05) is 11.3 Å². The van der Waals surface area contributed by atoms with E-state index < -0.39 is 20.2 Å². The number of carbonyl (C=O) groups excluding carboxylic acids is 1. The van der Waals surface area contributed by atoms with Crippen molar-refractivity contribution in [2.75, 3.05) is 11.1 Å². The van der Waals surface area contributed by atoms with Crippen LogP contribution in [-0.2, 0) is 14.3 Å². The Labute approximate surface area is 146 Å². The number of carbonyl (C=O) groups is 1. The summed E-state index contributed by atoms with van der Waals surface area (Å²) in [6.45, 7) is 3.30. The summed E-state index contributed by atoms with van der Waals surface area (Å²) >= 11 is 0. The standard InChI is InChI=1S/C17H22N4O3S/c1-17(2,25(3,24)10-11-4-5-11)15(23)19-16-18-14(20-21-16)12-6-8-13(22)9-7-12/h6-9,11,22H,3-5,10H2,1-2H3,(H2,18,19,20,21,23). The summed E-state index contributed by atoms with van der Waals surface area (Å²) < 4.78 is 11.8. The van der Waals surface area contributed by atoms with Gasteiger partial charge in [0.15, 0.2) is 5.82 Å². The van der Waals surface area contributed by atoms with Crippen LogP contribution in [0.2, 0.25) is 0 Å². The van der Waals surface area contributed by atoms with Crippen molar-refractivity contribution in [3.05, 3.63) is 24.3 Å². The Hall–Kier alpha value is -2.35. The van der Waals surface area contributed by atoms with E-state index >= 15 is 0 Å². The third-order valence-electron chi connectivity index (χ3n) is 4.54. The predicted octanol–water partition coefficient (Wildman–Crippen LogP) is 2.02. The molecule has 0 bridgehead atoms. The highest BCUT2D eigenvalue weighted by Gasteiger charge is 2.40. The molecule has 1 aromatic carbocycles. The number of phenolic OH excluding ortho intramolecular Hbond substituents is 1. The molecule has 1 unspecified atom stereocenters. The van der Waals surface area contributed by atoms with Crippen molar-refractivity contribution in [2.24, 2.45) is 5.92 Å². The van der Waals surface area contributed by atoms with E-state index in [0.29, 0.717) is 17.5 Å². The first-order valence-corrected chi connectivity index (χ1v) is 9.97. The van der Waals surface area contributed by atoms with Crippen molar-refractivity contribution in [3.8, 4) is 17.1 Å². The minimum atomic E-state index is -2.57. The number of rotatable bonds is 6. The average molecular weight is 362 g/mol. The second-order valence-electron chi connectivity index (χ2n) is 6.96. The van der Waals surface area contributed by atoms with E-state index in [0.717, 1.165) is 18.4 Å². The summed E-state index contributed by atoms with van der Waals surface area (Å²) in [7, 11) is -2.57. The smallest absolute Gasteiger partial charge is 0.244 e. The van der Waals surface area contributed by atoms with Crippen molar-refractivity contribution in [3.63, 3.8) is 0 Å². The highest BCUT2D eigenvalue weighted by Crippen LogP contribution is 2.34. The van der Waals surface area contributed by atoms with Crippen LogP contribution in [0.1, 0.15) is 26.7 Å². The molecule has 0 spiro atoms. The molecular weight excluding hydrogens is 340 g/mol. The Kier molecular flexibility index (Phi) is 4.32. The van der Waals surface area contributed by atoms with Crippen LogP contribution in [0.5, 0.6) is 5.75 Å². The summed E-state index contributed by atoms with van der Waals surface area (Å²) in [5.41, 5.74) is 0.722. The van der Waals surface area contributed by atoms with Gasteiger partial charge >= 0.3 is 0 Å². The van der Waals surface area contributed by atoms with Crippen LogP contribution < -0.4 is 5.32 Å². The maximum atomic E-state index is 12.9. The monoisotopic (exact) mass is 362 g/mol. The first-order chi connectivity index (χ1) is 11.7. The minimum absolute atomic E-state index is 0.152. The van der Waals surface area contributed by atoms with E-state index in [4.69, 9.17) is 0 Å². The lowest BCUT2D eigenvalue weighted by Crippen LogP contribution is -2.46. The summed E-state index contributed by atoms with van der Waals surface area (Å²) in [5.74, 6) is 5.13. The van der Waals surface area contributed by atoms with E-state index in [1.54, 1.807) is 26.0 Å². The van der Waals surface area contributed by atoms with Crippen molar-refractivity contribution in [2.45, 2.75) is 31.4 Å². The normalized spacial score (nSPS) is 17.0. The average Bonchev–Trinajstić information content (AvgIpc) is 3.22. The maximum absolute atomic E-state index is 12.9. The van der Waals surface area contributed by atoms with E-state index in [1.165, 1.54) is 12.1 Å². The molecule has 1 fully saturated rings. The lowest BCUT2D eigenvalue weighted by molar-refractivity contribution is -0.117. The first-order valence-electron chi connectivity index (χ1n) is 8.07. The minimum Gasteiger partial charge on any atom is -0.508 e. The first kappa shape index (κ1) is 17.5. The molecule has 0 radical (unpaired) electrons. The second kappa shape index (κ2) is 6.18. The van der Waals surface area contributed by atoms with Gasteiger partial charge in [0.25, 0.3) is 0 Å². The number of aromatic amines is 1. The molecule has 8 heteroatoms. The number of hydrogen-bond donors (Lipinski definition) is 3. The van der Waals surface area contributed by atoms with Crippen molar-refractivity contribution in [1.82, 2.24) is 15.2 Å². The number of amides is 1. The zero-order valence-corrected chi connectivity index (χ0v) is 15.1. The number of nitrogens with one attached hydrogen (secondary N) is 2. The Balaban J connectivity index is 1.73. The van der Waals surface area contributed by atoms with Crippen LogP contribution >= 0.6 is 0 Å². The molecule has 0 saturated heterocycles. The van der Waals surface area contributed by atoms with Gasteiger partial charge in [0.05, 0.1) is 0 Å². The van der Waals surface area contributed by atoms with Gasteiger partial charge in [-0.1, -0.05) is 0 Å². The number of phenols is 1. The predicted molar refractivity (Wildman–Crippen MR) is 99.0 cm³/mol. The number of hydrogen-bond acceptors (Lipinski definition) is 5. The second-order valence-corrected chi connectivity index (χ2v) is 9.93. The summed E-state index contributed by atoms with van der Waals surface area (Å²) in [6.07, 6.45) is 2.12. The quantitative estimate of drug-likeness (QED) is 0.681. The van der Waals surface area contributed by atoms with Gasteiger partial charge in [0.2, 0.25) is 11.9 Å². The molecule has 3 N–H and O–H groups in total. The summed E-state index contributed by atoms with van der Waals surface area (Å²) in [5, 5.41) is 19.9. The lowest BCUT2D eigenvalue weighted by atomic mass is 10.2. The highest BCUT2D eigenvalue weighted by molar-refractivity contribution is 8.02. The van der Waals surface area contributed by atoms with Gasteiger partial charge in [0.1, 0.15) is 10.5 Å². The fraction of sp³-hybridized carbons (Fsp3) is 0.412. The molecule has 1 amide bonds. The Bertz CT molecular complexity index is 881. The van der Waals surface area contributed by atoms with Crippen LogP contribution in [0.25, 0.3) is 11.4 Å². The third-order valence-corrected chi connectivity index (χ3v) is 7.59. The number of aromatic nitrogens is 3.